The lowest BCUT2D eigenvalue weighted by molar-refractivity contribution is -0.144. The van der Waals surface area contributed by atoms with E-state index in [-0.39, 0.29) is 12.7 Å². The molecule has 0 saturated heterocycles. The van der Waals surface area contributed by atoms with Gasteiger partial charge in [0.2, 0.25) is 0 Å². The quantitative estimate of drug-likeness (QED) is 0.860. The van der Waals surface area contributed by atoms with Crippen molar-refractivity contribution in [3.8, 4) is 0 Å². The Labute approximate surface area is 95.2 Å². The molecular formula is C12H18O4. The third-order valence-electron chi connectivity index (χ3n) is 2.42. The normalized spacial score (nSPS) is 16.2. The maximum Gasteiger partial charge on any atom is 0.329 e. The lowest BCUT2D eigenvalue weighted by atomic mass is 9.98. The average molecular weight is 226 g/mol. The molecule has 1 saturated carbocycles. The first-order valence-corrected chi connectivity index (χ1v) is 5.59. The molecule has 0 spiro atoms. The molecule has 1 aliphatic carbocycles. The van der Waals surface area contributed by atoms with Crippen LogP contribution in [0.5, 0.6) is 0 Å². The highest BCUT2D eigenvalue weighted by atomic mass is 16.5. The first kappa shape index (κ1) is 12.8. The molecule has 16 heavy (non-hydrogen) atoms. The number of carboxylic acid groups (broad SMARTS) is 1. The van der Waals surface area contributed by atoms with Gasteiger partial charge in [0.05, 0.1) is 18.6 Å². The van der Waals surface area contributed by atoms with Gasteiger partial charge in [0.15, 0.2) is 0 Å². The molecule has 1 aromatic heterocycles. The van der Waals surface area contributed by atoms with E-state index in [0.717, 1.165) is 12.8 Å². The molecule has 90 valence electrons. The van der Waals surface area contributed by atoms with Crippen LogP contribution in [0, 0.1) is 0 Å². The molecule has 0 amide bonds. The van der Waals surface area contributed by atoms with Crippen LogP contribution in [0.4, 0.5) is 0 Å². The second kappa shape index (κ2) is 7.93. The van der Waals surface area contributed by atoms with Gasteiger partial charge in [-0.1, -0.05) is 19.3 Å². The molecule has 0 aromatic carbocycles. The van der Waals surface area contributed by atoms with Gasteiger partial charge in [-0.2, -0.15) is 0 Å². The molecule has 1 fully saturated rings. The fraction of sp³-hybridized carbons (Fsp3) is 0.583. The Hall–Kier alpha value is -1.29. The number of furan rings is 1. The largest absolute Gasteiger partial charge is 0.480 e. The highest BCUT2D eigenvalue weighted by Crippen LogP contribution is 2.19. The Morgan fingerprint density at radius 1 is 1.25 bits per heavy atom. The zero-order chi connectivity index (χ0) is 11.6. The molecule has 0 aliphatic heterocycles. The molecule has 1 aliphatic rings. The molecular weight excluding hydrogens is 208 g/mol. The summed E-state index contributed by atoms with van der Waals surface area (Å²) in [4.78, 5) is 10.1. The van der Waals surface area contributed by atoms with E-state index in [1.807, 2.05) is 12.1 Å². The van der Waals surface area contributed by atoms with Crippen molar-refractivity contribution in [3.63, 3.8) is 0 Å². The fourth-order valence-electron chi connectivity index (χ4n) is 1.65. The zero-order valence-corrected chi connectivity index (χ0v) is 9.30. The predicted molar refractivity (Wildman–Crippen MR) is 59.2 cm³/mol. The third kappa shape index (κ3) is 6.24. The van der Waals surface area contributed by atoms with E-state index in [1.165, 1.54) is 19.3 Å². The summed E-state index contributed by atoms with van der Waals surface area (Å²) in [6, 6.07) is 3.67. The topological polar surface area (TPSA) is 59.7 Å². The second-order valence-corrected chi connectivity index (χ2v) is 3.76. The molecule has 1 N–H and O–H groups in total. The van der Waals surface area contributed by atoms with Gasteiger partial charge in [-0.05, 0) is 25.0 Å². The van der Waals surface area contributed by atoms with Crippen molar-refractivity contribution < 1.29 is 19.1 Å². The van der Waals surface area contributed by atoms with Crippen molar-refractivity contribution in [2.24, 2.45) is 0 Å². The van der Waals surface area contributed by atoms with Crippen molar-refractivity contribution in [2.45, 2.75) is 38.2 Å². The summed E-state index contributed by atoms with van der Waals surface area (Å²) in [5.74, 6) is -0.865. The van der Waals surface area contributed by atoms with Crippen molar-refractivity contribution in [3.05, 3.63) is 24.7 Å². The number of aliphatic carboxylic acids is 1. The monoisotopic (exact) mass is 226 g/mol. The Kier molecular flexibility index (Phi) is 6.33. The fourth-order valence-corrected chi connectivity index (χ4v) is 1.65. The number of hydrogen-bond donors (Lipinski definition) is 1. The number of hydrogen-bond acceptors (Lipinski definition) is 3. The SMILES string of the molecule is O=C(O)COC1CCCCC1.c1ccoc1. The van der Waals surface area contributed by atoms with Crippen molar-refractivity contribution in [1.82, 2.24) is 0 Å². The second-order valence-electron chi connectivity index (χ2n) is 3.76. The summed E-state index contributed by atoms with van der Waals surface area (Å²) in [5.41, 5.74) is 0. The summed E-state index contributed by atoms with van der Waals surface area (Å²) in [6.07, 6.45) is 9.17. The van der Waals surface area contributed by atoms with Crippen LogP contribution in [0.3, 0.4) is 0 Å². The van der Waals surface area contributed by atoms with Gasteiger partial charge in [-0.25, -0.2) is 4.79 Å². The summed E-state index contributed by atoms with van der Waals surface area (Å²) in [7, 11) is 0. The van der Waals surface area contributed by atoms with Crippen LogP contribution in [0.15, 0.2) is 29.1 Å². The van der Waals surface area contributed by atoms with Gasteiger partial charge in [0.1, 0.15) is 6.61 Å². The highest BCUT2D eigenvalue weighted by molar-refractivity contribution is 5.68. The number of carbonyl (C=O) groups is 1. The lowest BCUT2D eigenvalue weighted by Crippen LogP contribution is -2.20. The van der Waals surface area contributed by atoms with Crippen molar-refractivity contribution >= 4 is 5.97 Å². The van der Waals surface area contributed by atoms with Crippen molar-refractivity contribution in [1.29, 1.82) is 0 Å². The van der Waals surface area contributed by atoms with E-state index in [1.54, 1.807) is 12.5 Å². The number of ether oxygens (including phenoxy) is 1. The van der Waals surface area contributed by atoms with Crippen LogP contribution >= 0.6 is 0 Å². The van der Waals surface area contributed by atoms with Gasteiger partial charge in [0, 0.05) is 0 Å². The first-order chi connectivity index (χ1) is 7.79. The van der Waals surface area contributed by atoms with Gasteiger partial charge in [0.25, 0.3) is 0 Å². The summed E-state index contributed by atoms with van der Waals surface area (Å²) in [6.45, 7) is -0.134. The van der Waals surface area contributed by atoms with Crippen LogP contribution in [0.1, 0.15) is 32.1 Å². The molecule has 0 radical (unpaired) electrons. The van der Waals surface area contributed by atoms with Crippen LogP contribution in [-0.4, -0.2) is 23.8 Å². The number of rotatable bonds is 3. The minimum absolute atomic E-state index is 0.134. The molecule has 4 nitrogen and oxygen atoms in total. The summed E-state index contributed by atoms with van der Waals surface area (Å²) < 4.78 is 9.73. The molecule has 4 heteroatoms. The van der Waals surface area contributed by atoms with Crippen LogP contribution in [0.25, 0.3) is 0 Å². The molecule has 1 aromatic rings. The van der Waals surface area contributed by atoms with E-state index in [0.29, 0.717) is 0 Å². The van der Waals surface area contributed by atoms with E-state index in [4.69, 9.17) is 9.84 Å². The van der Waals surface area contributed by atoms with E-state index in [2.05, 4.69) is 4.42 Å². The van der Waals surface area contributed by atoms with E-state index in [9.17, 15) is 4.79 Å². The molecule has 0 bridgehead atoms. The highest BCUT2D eigenvalue weighted by Gasteiger charge is 2.14. The Balaban J connectivity index is 0.000000212. The molecule has 0 unspecified atom stereocenters. The molecule has 1 heterocycles. The van der Waals surface area contributed by atoms with Crippen LogP contribution < -0.4 is 0 Å². The number of carboxylic acids is 1. The van der Waals surface area contributed by atoms with Gasteiger partial charge in [-0.15, -0.1) is 0 Å². The van der Waals surface area contributed by atoms with Gasteiger partial charge >= 0.3 is 5.97 Å². The minimum Gasteiger partial charge on any atom is -0.480 e. The maximum atomic E-state index is 10.1. The minimum atomic E-state index is -0.865. The van der Waals surface area contributed by atoms with Gasteiger partial charge in [-0.3, -0.25) is 0 Å². The maximum absolute atomic E-state index is 10.1. The molecule has 0 atom stereocenters. The first-order valence-electron chi connectivity index (χ1n) is 5.59. The van der Waals surface area contributed by atoms with Crippen molar-refractivity contribution in [2.75, 3.05) is 6.61 Å². The van der Waals surface area contributed by atoms with Crippen LogP contribution in [0.2, 0.25) is 0 Å². The Morgan fingerprint density at radius 3 is 2.31 bits per heavy atom. The van der Waals surface area contributed by atoms with Gasteiger partial charge < -0.3 is 14.3 Å². The average Bonchev–Trinajstić information content (AvgIpc) is 2.86. The molecule has 2 rings (SSSR count). The predicted octanol–water partition coefficient (Wildman–Crippen LogP) is 2.70. The lowest BCUT2D eigenvalue weighted by Gasteiger charge is -2.20. The third-order valence-corrected chi connectivity index (χ3v) is 2.42. The van der Waals surface area contributed by atoms with Crippen LogP contribution in [-0.2, 0) is 9.53 Å². The summed E-state index contributed by atoms with van der Waals surface area (Å²) in [5, 5.41) is 8.32. The zero-order valence-electron chi connectivity index (χ0n) is 9.30. The van der Waals surface area contributed by atoms with E-state index < -0.39 is 5.97 Å². The Bertz CT molecular complexity index is 245. The van der Waals surface area contributed by atoms with E-state index >= 15 is 0 Å². The standard InChI is InChI=1S/C8H14O3.C4H4O/c9-8(10)6-11-7-4-2-1-3-5-7;1-2-4-5-3-1/h7H,1-6H2,(H,9,10);1-4H. The summed E-state index contributed by atoms with van der Waals surface area (Å²) >= 11 is 0. The Morgan fingerprint density at radius 2 is 1.88 bits per heavy atom. The smallest absolute Gasteiger partial charge is 0.329 e.